The fraction of sp³-hybridized carbons (Fsp3) is 0.0833. The average Bonchev–Trinajstić information content (AvgIpc) is 2.29. The molecule has 1 aromatic heterocycles. The van der Waals surface area contributed by atoms with Crippen molar-refractivity contribution in [3.63, 3.8) is 0 Å². The number of rotatable bonds is 2. The second kappa shape index (κ2) is 5.70. The molecule has 0 unspecified atom stereocenters. The molecule has 0 atom stereocenters. The van der Waals surface area contributed by atoms with Crippen molar-refractivity contribution in [2.45, 2.75) is 6.54 Å². The molecule has 2 nitrogen and oxygen atoms in total. The highest BCUT2D eigenvalue weighted by Crippen LogP contribution is 2.28. The van der Waals surface area contributed by atoms with Gasteiger partial charge in [-0.1, -0.05) is 6.07 Å². The Hall–Kier alpha value is -1.52. The van der Waals surface area contributed by atoms with Crippen LogP contribution in [0.25, 0.3) is 11.1 Å². The lowest BCUT2D eigenvalue weighted by molar-refractivity contribution is 0.589. The van der Waals surface area contributed by atoms with Gasteiger partial charge < -0.3 is 5.73 Å². The van der Waals surface area contributed by atoms with Gasteiger partial charge >= 0.3 is 0 Å². The third-order valence-corrected chi connectivity index (χ3v) is 2.36. The number of halogens is 3. The lowest BCUT2D eigenvalue weighted by Crippen LogP contribution is -2.01. The highest BCUT2D eigenvalue weighted by atomic mass is 35.5. The maximum Gasteiger partial charge on any atom is 0.133 e. The van der Waals surface area contributed by atoms with Crippen molar-refractivity contribution in [2.75, 3.05) is 0 Å². The summed E-state index contributed by atoms with van der Waals surface area (Å²) in [6, 6.07) is 5.33. The van der Waals surface area contributed by atoms with E-state index in [0.717, 1.165) is 0 Å². The van der Waals surface area contributed by atoms with Crippen molar-refractivity contribution < 1.29 is 8.78 Å². The van der Waals surface area contributed by atoms with E-state index in [1.807, 2.05) is 0 Å². The zero-order chi connectivity index (χ0) is 11.5. The minimum atomic E-state index is -0.596. The zero-order valence-electron chi connectivity index (χ0n) is 8.86. The molecule has 2 aromatic rings. The molecule has 0 saturated carbocycles. The van der Waals surface area contributed by atoms with Crippen molar-refractivity contribution in [1.82, 2.24) is 4.98 Å². The predicted molar refractivity (Wildman–Crippen MR) is 64.7 cm³/mol. The first-order valence-electron chi connectivity index (χ1n) is 4.81. The molecule has 0 aliphatic rings. The number of hydrogen-bond donors (Lipinski definition) is 1. The van der Waals surface area contributed by atoms with Gasteiger partial charge in [-0.25, -0.2) is 8.78 Å². The van der Waals surface area contributed by atoms with Gasteiger partial charge in [0.05, 0.1) is 5.56 Å². The van der Waals surface area contributed by atoms with Crippen LogP contribution in [0.5, 0.6) is 0 Å². The summed E-state index contributed by atoms with van der Waals surface area (Å²) in [5.41, 5.74) is 6.52. The van der Waals surface area contributed by atoms with Crippen LogP contribution in [-0.2, 0) is 6.54 Å². The third-order valence-electron chi connectivity index (χ3n) is 2.36. The Morgan fingerprint density at radius 1 is 1.12 bits per heavy atom. The third kappa shape index (κ3) is 2.60. The van der Waals surface area contributed by atoms with Crippen molar-refractivity contribution in [3.05, 3.63) is 53.9 Å². The van der Waals surface area contributed by atoms with Crippen LogP contribution in [0.2, 0.25) is 0 Å². The number of nitrogens with zero attached hydrogens (tertiary/aromatic N) is 1. The van der Waals surface area contributed by atoms with Crippen LogP contribution in [0.15, 0.2) is 36.7 Å². The molecule has 90 valence electrons. The Morgan fingerprint density at radius 2 is 1.76 bits per heavy atom. The molecule has 0 amide bonds. The second-order valence-corrected chi connectivity index (χ2v) is 3.33. The lowest BCUT2D eigenvalue weighted by Gasteiger charge is -2.08. The molecule has 0 fully saturated rings. The van der Waals surface area contributed by atoms with Gasteiger partial charge in [-0.2, -0.15) is 0 Å². The van der Waals surface area contributed by atoms with E-state index in [1.54, 1.807) is 6.07 Å². The molecule has 0 spiro atoms. The molecule has 5 heteroatoms. The number of pyridine rings is 1. The van der Waals surface area contributed by atoms with Crippen molar-refractivity contribution in [2.24, 2.45) is 5.73 Å². The molecule has 0 bridgehead atoms. The summed E-state index contributed by atoms with van der Waals surface area (Å²) >= 11 is 0. The molecule has 1 aromatic carbocycles. The quantitative estimate of drug-likeness (QED) is 0.897. The highest BCUT2D eigenvalue weighted by Gasteiger charge is 2.13. The van der Waals surface area contributed by atoms with E-state index < -0.39 is 11.6 Å². The van der Waals surface area contributed by atoms with E-state index in [1.165, 1.54) is 30.6 Å². The van der Waals surface area contributed by atoms with Crippen molar-refractivity contribution in [3.8, 4) is 11.1 Å². The summed E-state index contributed by atoms with van der Waals surface area (Å²) in [5.74, 6) is -1.19. The van der Waals surface area contributed by atoms with E-state index in [0.29, 0.717) is 11.1 Å². The molecule has 1 heterocycles. The predicted octanol–water partition coefficient (Wildman–Crippen LogP) is 2.91. The molecule has 2 N–H and O–H groups in total. The van der Waals surface area contributed by atoms with Crippen LogP contribution in [0.4, 0.5) is 8.78 Å². The molecule has 17 heavy (non-hydrogen) atoms. The fourth-order valence-electron chi connectivity index (χ4n) is 1.59. The average molecular weight is 257 g/mol. The van der Waals surface area contributed by atoms with Gasteiger partial charge in [0.15, 0.2) is 0 Å². The Labute approximate surface area is 104 Å². The summed E-state index contributed by atoms with van der Waals surface area (Å²) in [6.45, 7) is 0.191. The molecule has 0 saturated heterocycles. The number of nitrogens with two attached hydrogens (primary N) is 1. The van der Waals surface area contributed by atoms with Gasteiger partial charge in [0, 0.05) is 18.9 Å². The van der Waals surface area contributed by atoms with Gasteiger partial charge in [-0.3, -0.25) is 4.98 Å². The Kier molecular flexibility index (Phi) is 4.54. The van der Waals surface area contributed by atoms with Gasteiger partial charge in [-0.05, 0) is 29.3 Å². The van der Waals surface area contributed by atoms with Crippen molar-refractivity contribution in [1.29, 1.82) is 0 Å². The van der Waals surface area contributed by atoms with E-state index in [2.05, 4.69) is 4.98 Å². The molecular weight excluding hydrogens is 246 g/mol. The van der Waals surface area contributed by atoms with E-state index >= 15 is 0 Å². The largest absolute Gasteiger partial charge is 0.326 e. The van der Waals surface area contributed by atoms with Crippen LogP contribution in [-0.4, -0.2) is 4.98 Å². The molecule has 0 aliphatic heterocycles. The van der Waals surface area contributed by atoms with Crippen LogP contribution in [0.3, 0.4) is 0 Å². The minimum absolute atomic E-state index is 0. The Bertz CT molecular complexity index is 497. The number of hydrogen-bond acceptors (Lipinski definition) is 2. The smallest absolute Gasteiger partial charge is 0.133 e. The summed E-state index contributed by atoms with van der Waals surface area (Å²) in [5, 5.41) is 0. The molecular formula is C12H11ClF2N2. The zero-order valence-corrected chi connectivity index (χ0v) is 9.68. The molecule has 2 rings (SSSR count). The first-order valence-corrected chi connectivity index (χ1v) is 4.81. The van der Waals surface area contributed by atoms with E-state index in [4.69, 9.17) is 5.73 Å². The van der Waals surface area contributed by atoms with Gasteiger partial charge in [0.25, 0.3) is 0 Å². The Balaban J connectivity index is 0.00000144. The number of aromatic nitrogens is 1. The molecule has 0 aliphatic carbocycles. The Morgan fingerprint density at radius 3 is 2.35 bits per heavy atom. The number of benzene rings is 1. The maximum absolute atomic E-state index is 13.6. The summed E-state index contributed by atoms with van der Waals surface area (Å²) < 4.78 is 27.1. The molecule has 0 radical (unpaired) electrons. The van der Waals surface area contributed by atoms with Gasteiger partial charge in [-0.15, -0.1) is 12.4 Å². The topological polar surface area (TPSA) is 38.9 Å². The lowest BCUT2D eigenvalue weighted by atomic mass is 10.0. The van der Waals surface area contributed by atoms with Gasteiger partial charge in [0.1, 0.15) is 11.6 Å². The normalized spacial score (nSPS) is 9.82. The highest BCUT2D eigenvalue weighted by molar-refractivity contribution is 5.85. The summed E-state index contributed by atoms with van der Waals surface area (Å²) in [7, 11) is 0. The van der Waals surface area contributed by atoms with Crippen LogP contribution in [0.1, 0.15) is 5.56 Å². The maximum atomic E-state index is 13.6. The van der Waals surface area contributed by atoms with Crippen LogP contribution < -0.4 is 5.73 Å². The first-order chi connectivity index (χ1) is 7.74. The van der Waals surface area contributed by atoms with Gasteiger partial charge in [0.2, 0.25) is 0 Å². The summed E-state index contributed by atoms with van der Waals surface area (Å²) in [6.07, 6.45) is 3.00. The fourth-order valence-corrected chi connectivity index (χ4v) is 1.59. The second-order valence-electron chi connectivity index (χ2n) is 3.33. The van der Waals surface area contributed by atoms with Crippen LogP contribution >= 0.6 is 12.4 Å². The van der Waals surface area contributed by atoms with Crippen molar-refractivity contribution >= 4 is 12.4 Å². The standard InChI is InChI=1S/C12H10F2N2.ClH/c13-10-2-1-3-11(14)12(10)9-4-5-16-7-8(9)6-15;/h1-5,7H,6,15H2;1H. The van der Waals surface area contributed by atoms with E-state index in [-0.39, 0.29) is 24.5 Å². The minimum Gasteiger partial charge on any atom is -0.326 e. The van der Waals surface area contributed by atoms with Crippen LogP contribution in [0, 0.1) is 11.6 Å². The summed E-state index contributed by atoms with van der Waals surface area (Å²) in [4.78, 5) is 3.88. The monoisotopic (exact) mass is 256 g/mol. The van der Waals surface area contributed by atoms with E-state index in [9.17, 15) is 8.78 Å². The SMILES string of the molecule is Cl.NCc1cnccc1-c1c(F)cccc1F. The first kappa shape index (κ1) is 13.5.